The van der Waals surface area contributed by atoms with Crippen molar-refractivity contribution in [3.63, 3.8) is 0 Å². The van der Waals surface area contributed by atoms with E-state index in [-0.39, 0.29) is 104 Å². The molecule has 10 aromatic rings. The SMILES string of the molecule is Cn1cc(NC(=O)c2cc(NC(=O)c3cc(NC(=O)c4nc(NC(=O)C[C@H](CNC(=O)c5cc(NC(=O)c6cc(NC(=O)c7cc(NC(=O)c8nccn8C)cn7C)cn6C)cn5C)NC(=O)c5ccccc5)cn4C)cn3C)cn2C)cc1C(=O)NCCC[NH+](C)CCCNC(=O)c1cccc(C(=O)[O-])c1. The number of carbonyl (C=O) groups is 12. The lowest BCUT2D eigenvalue weighted by Crippen LogP contribution is -3.09. The van der Waals surface area contributed by atoms with Crippen molar-refractivity contribution >= 4 is 111 Å². The van der Waals surface area contributed by atoms with Gasteiger partial charge < -0.3 is 110 Å². The molecule has 35 nitrogen and oxygen atoms in total. The van der Waals surface area contributed by atoms with Gasteiger partial charge in [0.1, 0.15) is 34.2 Å². The van der Waals surface area contributed by atoms with Crippen LogP contribution in [0, 0.1) is 0 Å². The number of imidazole rings is 2. The molecule has 1 unspecified atom stereocenters. The molecule has 0 aliphatic heterocycles. The second-order valence-electron chi connectivity index (χ2n) is 25.5. The number of carboxylic acids is 1. The van der Waals surface area contributed by atoms with Gasteiger partial charge in [-0.1, -0.05) is 30.3 Å². The highest BCUT2D eigenvalue weighted by Gasteiger charge is 2.26. The lowest BCUT2D eigenvalue weighted by molar-refractivity contribution is -0.879. The summed E-state index contributed by atoms with van der Waals surface area (Å²) in [6.07, 6.45) is 14.8. The summed E-state index contributed by atoms with van der Waals surface area (Å²) in [6, 6.07) is 21.7. The first-order valence-electron chi connectivity index (χ1n) is 33.5. The Labute approximate surface area is 611 Å². The van der Waals surface area contributed by atoms with Gasteiger partial charge in [-0.3, -0.25) is 52.7 Å². The van der Waals surface area contributed by atoms with Crippen LogP contribution in [0.3, 0.4) is 0 Å². The van der Waals surface area contributed by atoms with Crippen LogP contribution in [0.15, 0.2) is 147 Å². The van der Waals surface area contributed by atoms with Crippen LogP contribution in [0.25, 0.3) is 0 Å². The van der Waals surface area contributed by atoms with Gasteiger partial charge in [-0.15, -0.1) is 0 Å². The number of hydrogen-bond acceptors (Lipinski definition) is 15. The lowest BCUT2D eigenvalue weighted by Gasteiger charge is -2.19. The fourth-order valence-corrected chi connectivity index (χ4v) is 11.7. The van der Waals surface area contributed by atoms with Gasteiger partial charge in [0.05, 0.1) is 66.3 Å². The van der Waals surface area contributed by atoms with E-state index in [2.05, 4.69) is 68.5 Å². The molecule has 8 heterocycles. The van der Waals surface area contributed by atoms with Crippen molar-refractivity contribution in [2.24, 2.45) is 56.4 Å². The highest BCUT2D eigenvalue weighted by molar-refractivity contribution is 6.11. The van der Waals surface area contributed by atoms with Crippen molar-refractivity contribution in [3.05, 3.63) is 209 Å². The Morgan fingerprint density at radius 1 is 0.402 bits per heavy atom. The molecule has 0 fully saturated rings. The first-order valence-corrected chi connectivity index (χ1v) is 33.5. The minimum atomic E-state index is -1.36. The van der Waals surface area contributed by atoms with Crippen molar-refractivity contribution < 1.29 is 67.5 Å². The van der Waals surface area contributed by atoms with Crippen LogP contribution >= 0.6 is 0 Å². The van der Waals surface area contributed by atoms with Crippen LogP contribution in [-0.2, 0) is 61.2 Å². The molecular formula is C72H80N22O13. The molecule has 107 heavy (non-hydrogen) atoms. The summed E-state index contributed by atoms with van der Waals surface area (Å²) in [7, 11) is 14.9. The predicted octanol–water partition coefficient (Wildman–Crippen LogP) is 2.07. The molecule has 556 valence electrons. The van der Waals surface area contributed by atoms with Crippen LogP contribution in [0.1, 0.15) is 135 Å². The summed E-state index contributed by atoms with van der Waals surface area (Å²) in [5.74, 6) is -7.16. The Balaban J connectivity index is 0.674. The molecule has 12 N–H and O–H groups in total. The monoisotopic (exact) mass is 1460 g/mol. The molecule has 0 saturated heterocycles. The molecule has 2 aromatic carbocycles. The number of carboxylic acid groups (broad SMARTS) is 1. The first kappa shape index (κ1) is 75.8. The van der Waals surface area contributed by atoms with E-state index in [1.807, 2.05) is 7.05 Å². The summed E-state index contributed by atoms with van der Waals surface area (Å²) >= 11 is 0. The van der Waals surface area contributed by atoms with Crippen LogP contribution in [0.5, 0.6) is 0 Å². The third kappa shape index (κ3) is 19.3. The van der Waals surface area contributed by atoms with Gasteiger partial charge in [0.25, 0.3) is 59.1 Å². The highest BCUT2D eigenvalue weighted by Crippen LogP contribution is 2.24. The molecule has 35 heteroatoms. The van der Waals surface area contributed by atoms with E-state index in [9.17, 15) is 62.6 Å². The normalized spacial score (nSPS) is 11.6. The molecule has 0 aliphatic rings. The number of aromatic carboxylic acids is 1. The highest BCUT2D eigenvalue weighted by atomic mass is 16.4. The number of aryl methyl sites for hydroxylation is 8. The first-order chi connectivity index (χ1) is 51.0. The Morgan fingerprint density at radius 2 is 0.794 bits per heavy atom. The van der Waals surface area contributed by atoms with E-state index in [0.29, 0.717) is 48.7 Å². The number of anilines is 7. The van der Waals surface area contributed by atoms with Crippen molar-refractivity contribution in [2.45, 2.75) is 25.3 Å². The topological polar surface area (TPSA) is 430 Å². The standard InChI is InChI=1S/C72H80N22O13/c1-86(23-14-20-74-62(96)43-18-13-19-44(26-43)72(106)107)24-15-21-75-64(98)52-27-46(35-88(52)3)78-66(100)54-29-49(38-90(54)5)81-69(103)57-32-51(40-93(57)8)83-71(105)61-85-58(41-94(61)9)84-59(95)33-45(77-63(97)42-16-11-10-12-17-42)34-76-65(99)53-28-47(36-89(53)4)79-67(101)55-30-48(37-91(55)6)80-68(102)56-31-50(39-92(56)7)82-70(104)60-73-22-25-87(60)2/h10-13,16-19,22,25-32,35-41,45H,14-15,20-21,23-24,33-34H2,1-9H3,(H,74,96)(H,75,98)(H,76,99)(H,77,97)(H,78,100)(H,79,101)(H,80,102)(H,81,103)(H,82,104)(H,83,105)(H,84,95)(H,106,107)/t45-/m1/s1. The fraction of sp³-hybridized carbons (Fsp3) is 0.250. The van der Waals surface area contributed by atoms with E-state index < -0.39 is 65.2 Å². The summed E-state index contributed by atoms with van der Waals surface area (Å²) in [6.45, 7) is 2.02. The van der Waals surface area contributed by atoms with Crippen molar-refractivity contribution in [3.8, 4) is 0 Å². The number of hydrogen-bond donors (Lipinski definition) is 12. The Morgan fingerprint density at radius 3 is 1.22 bits per heavy atom. The number of benzene rings is 2. The zero-order chi connectivity index (χ0) is 76.9. The molecule has 0 bridgehead atoms. The van der Waals surface area contributed by atoms with E-state index in [1.54, 1.807) is 126 Å². The average molecular weight is 1460 g/mol. The number of carbonyl (C=O) groups excluding carboxylic acids is 12. The molecule has 0 radical (unpaired) electrons. The third-order valence-electron chi connectivity index (χ3n) is 17.1. The van der Waals surface area contributed by atoms with Crippen molar-refractivity contribution in [1.82, 2.24) is 67.8 Å². The maximum Gasteiger partial charge on any atom is 0.291 e. The van der Waals surface area contributed by atoms with Crippen LogP contribution in [0.2, 0.25) is 0 Å². The van der Waals surface area contributed by atoms with Crippen molar-refractivity contribution in [2.75, 3.05) is 77.0 Å². The molecular weight excluding hydrogens is 1380 g/mol. The van der Waals surface area contributed by atoms with E-state index in [1.165, 1.54) is 119 Å². The van der Waals surface area contributed by atoms with Crippen molar-refractivity contribution in [1.29, 1.82) is 0 Å². The molecule has 11 amide bonds. The van der Waals surface area contributed by atoms with Gasteiger partial charge in [-0.05, 0) is 66.2 Å². The largest absolute Gasteiger partial charge is 0.545 e. The van der Waals surface area contributed by atoms with Crippen LogP contribution in [0.4, 0.5) is 39.9 Å². The molecule has 8 aromatic heterocycles. The lowest BCUT2D eigenvalue weighted by atomic mass is 10.1. The molecule has 0 aliphatic carbocycles. The Kier molecular flexibility index (Phi) is 23.7. The van der Waals surface area contributed by atoms with Gasteiger partial charge in [0.2, 0.25) is 11.7 Å². The number of quaternary nitrogens is 1. The Bertz CT molecular complexity index is 5070. The van der Waals surface area contributed by atoms with Gasteiger partial charge in [0, 0.05) is 162 Å². The van der Waals surface area contributed by atoms with Gasteiger partial charge in [0.15, 0.2) is 11.6 Å². The second kappa shape index (κ2) is 33.5. The third-order valence-corrected chi connectivity index (χ3v) is 17.1. The van der Waals surface area contributed by atoms with Gasteiger partial charge >= 0.3 is 0 Å². The zero-order valence-electron chi connectivity index (χ0n) is 59.9. The zero-order valence-corrected chi connectivity index (χ0v) is 59.9. The molecule has 10 rings (SSSR count). The Hall–Kier alpha value is -13.9. The molecule has 0 saturated carbocycles. The summed E-state index contributed by atoms with van der Waals surface area (Å²) < 4.78 is 12.0. The van der Waals surface area contributed by atoms with Gasteiger partial charge in [-0.2, -0.15) is 0 Å². The van der Waals surface area contributed by atoms with E-state index in [0.717, 1.165) is 13.1 Å². The number of nitrogens with one attached hydrogen (secondary N) is 12. The molecule has 0 spiro atoms. The minimum absolute atomic E-state index is 0.0178. The average Bonchev–Trinajstić information content (AvgIpc) is 1.70. The minimum Gasteiger partial charge on any atom is -0.545 e. The summed E-state index contributed by atoms with van der Waals surface area (Å²) in [5, 5.41) is 41.7. The van der Waals surface area contributed by atoms with Crippen LogP contribution in [-0.4, -0.2) is 163 Å². The smallest absolute Gasteiger partial charge is 0.291 e. The second-order valence-corrected chi connectivity index (χ2v) is 25.5. The van der Waals surface area contributed by atoms with E-state index >= 15 is 0 Å². The van der Waals surface area contributed by atoms with Crippen LogP contribution < -0.4 is 68.5 Å². The van der Waals surface area contributed by atoms with Gasteiger partial charge in [-0.25, -0.2) is 9.97 Å². The predicted molar refractivity (Wildman–Crippen MR) is 391 cm³/mol. The fourth-order valence-electron chi connectivity index (χ4n) is 11.7. The maximum absolute atomic E-state index is 13.8. The molecule has 2 atom stereocenters. The summed E-state index contributed by atoms with van der Waals surface area (Å²) in [4.78, 5) is 168. The summed E-state index contributed by atoms with van der Waals surface area (Å²) in [5.41, 5.74) is 3.33. The van der Waals surface area contributed by atoms with E-state index in [4.69, 9.17) is 0 Å². The maximum atomic E-state index is 13.8. The number of rotatable bonds is 31. The number of aromatic nitrogens is 10. The number of nitrogens with zero attached hydrogens (tertiary/aromatic N) is 10. The number of amides is 11. The quantitative estimate of drug-likeness (QED) is 0.0277.